The van der Waals surface area contributed by atoms with E-state index in [9.17, 15) is 13.2 Å². The third kappa shape index (κ3) is 4.78. The summed E-state index contributed by atoms with van der Waals surface area (Å²) in [6, 6.07) is 14.7. The number of aromatic nitrogens is 1. The van der Waals surface area contributed by atoms with Crippen LogP contribution >= 0.6 is 22.7 Å². The zero-order chi connectivity index (χ0) is 24.7. The molecule has 0 saturated heterocycles. The van der Waals surface area contributed by atoms with Gasteiger partial charge in [-0.2, -0.15) is 0 Å². The maximum atomic E-state index is 13.1. The van der Waals surface area contributed by atoms with Crippen LogP contribution in [0.2, 0.25) is 0 Å². The summed E-state index contributed by atoms with van der Waals surface area (Å²) in [5.74, 6) is -0.126. The quantitative estimate of drug-likeness (QED) is 0.366. The minimum Gasteiger partial charge on any atom is -0.317 e. The SMILES string of the molecule is CC(C)S(=O)(=O)c1ccc(CC(=O)Nc2sc3c(c2-c2nc4ccccc4s2)CCN(C)C3)cc1. The Morgan fingerprint density at radius 2 is 1.86 bits per heavy atom. The number of hydrogen-bond acceptors (Lipinski definition) is 7. The van der Waals surface area contributed by atoms with E-state index in [0.29, 0.717) is 0 Å². The van der Waals surface area contributed by atoms with Gasteiger partial charge in [-0.3, -0.25) is 4.79 Å². The Bertz CT molecular complexity index is 1470. The van der Waals surface area contributed by atoms with Crippen LogP contribution in [0.1, 0.15) is 29.9 Å². The highest BCUT2D eigenvalue weighted by Crippen LogP contribution is 2.45. The normalized spacial score (nSPS) is 14.4. The van der Waals surface area contributed by atoms with E-state index in [1.165, 1.54) is 10.4 Å². The van der Waals surface area contributed by atoms with Crippen LogP contribution in [0.4, 0.5) is 5.00 Å². The van der Waals surface area contributed by atoms with E-state index in [4.69, 9.17) is 4.98 Å². The van der Waals surface area contributed by atoms with Crippen LogP contribution in [0.3, 0.4) is 0 Å². The van der Waals surface area contributed by atoms with E-state index >= 15 is 0 Å². The Balaban J connectivity index is 1.42. The predicted molar refractivity (Wildman–Crippen MR) is 144 cm³/mol. The van der Waals surface area contributed by atoms with Gasteiger partial charge in [0.05, 0.1) is 26.8 Å². The number of hydrogen-bond donors (Lipinski definition) is 1. The van der Waals surface area contributed by atoms with Crippen molar-refractivity contribution in [2.24, 2.45) is 0 Å². The first kappa shape index (κ1) is 24.1. The molecule has 6 nitrogen and oxygen atoms in total. The number of amides is 1. The summed E-state index contributed by atoms with van der Waals surface area (Å²) in [5, 5.41) is 4.44. The smallest absolute Gasteiger partial charge is 0.229 e. The second-order valence-electron chi connectivity index (χ2n) is 9.15. The molecule has 0 spiro atoms. The molecule has 0 atom stereocenters. The summed E-state index contributed by atoms with van der Waals surface area (Å²) >= 11 is 3.29. The molecule has 2 aromatic heterocycles. The molecule has 0 bridgehead atoms. The van der Waals surface area contributed by atoms with Gasteiger partial charge in [0.1, 0.15) is 10.0 Å². The Morgan fingerprint density at radius 1 is 1.11 bits per heavy atom. The largest absolute Gasteiger partial charge is 0.317 e. The molecule has 0 fully saturated rings. The van der Waals surface area contributed by atoms with Crippen molar-refractivity contribution in [3.63, 3.8) is 0 Å². The molecule has 1 aliphatic heterocycles. The molecule has 0 unspecified atom stereocenters. The van der Waals surface area contributed by atoms with E-state index in [1.807, 2.05) is 18.2 Å². The van der Waals surface area contributed by atoms with E-state index in [-0.39, 0.29) is 17.2 Å². The van der Waals surface area contributed by atoms with Gasteiger partial charge in [0.15, 0.2) is 9.84 Å². The fraction of sp³-hybridized carbons (Fsp3) is 0.308. The minimum atomic E-state index is -3.33. The minimum absolute atomic E-state index is 0.126. The first-order chi connectivity index (χ1) is 16.7. The molecule has 4 aromatic rings. The van der Waals surface area contributed by atoms with Gasteiger partial charge in [-0.05, 0) is 62.7 Å². The average Bonchev–Trinajstić information content (AvgIpc) is 3.39. The maximum absolute atomic E-state index is 13.1. The van der Waals surface area contributed by atoms with Gasteiger partial charge < -0.3 is 10.2 Å². The van der Waals surface area contributed by atoms with Gasteiger partial charge in [0, 0.05) is 23.5 Å². The number of carbonyl (C=O) groups is 1. The molecule has 0 aliphatic carbocycles. The van der Waals surface area contributed by atoms with Crippen molar-refractivity contribution in [3.8, 4) is 10.6 Å². The average molecular weight is 526 g/mol. The van der Waals surface area contributed by atoms with Crippen LogP contribution in [0.25, 0.3) is 20.8 Å². The molecular weight excluding hydrogens is 499 g/mol. The Hall–Kier alpha value is -2.59. The van der Waals surface area contributed by atoms with Crippen LogP contribution in [-0.4, -0.2) is 43.1 Å². The lowest BCUT2D eigenvalue weighted by Gasteiger charge is -2.22. The predicted octanol–water partition coefficient (Wildman–Crippen LogP) is 5.38. The van der Waals surface area contributed by atoms with Gasteiger partial charge in [-0.1, -0.05) is 24.3 Å². The number of para-hydroxylation sites is 1. The van der Waals surface area contributed by atoms with Crippen molar-refractivity contribution in [2.75, 3.05) is 18.9 Å². The van der Waals surface area contributed by atoms with E-state index < -0.39 is 15.1 Å². The number of fused-ring (bicyclic) bond motifs is 2. The Morgan fingerprint density at radius 3 is 2.57 bits per heavy atom. The lowest BCUT2D eigenvalue weighted by atomic mass is 10.0. The number of carbonyl (C=O) groups excluding carboxylic acids is 1. The van der Waals surface area contributed by atoms with E-state index in [1.54, 1.807) is 60.8 Å². The van der Waals surface area contributed by atoms with Gasteiger partial charge in [0.25, 0.3) is 0 Å². The zero-order valence-electron chi connectivity index (χ0n) is 19.9. The topological polar surface area (TPSA) is 79.4 Å². The van der Waals surface area contributed by atoms with Gasteiger partial charge in [-0.25, -0.2) is 13.4 Å². The lowest BCUT2D eigenvalue weighted by molar-refractivity contribution is -0.115. The number of sulfone groups is 1. The summed E-state index contributed by atoms with van der Waals surface area (Å²) in [7, 11) is -1.22. The van der Waals surface area contributed by atoms with Gasteiger partial charge in [-0.15, -0.1) is 22.7 Å². The van der Waals surface area contributed by atoms with E-state index in [2.05, 4.69) is 23.3 Å². The van der Waals surface area contributed by atoms with Crippen LogP contribution in [-0.2, 0) is 34.0 Å². The first-order valence-electron chi connectivity index (χ1n) is 11.5. The van der Waals surface area contributed by atoms with Crippen molar-refractivity contribution >= 4 is 53.6 Å². The molecule has 35 heavy (non-hydrogen) atoms. The Labute approximate surface area is 213 Å². The molecule has 5 rings (SSSR count). The summed E-state index contributed by atoms with van der Waals surface area (Å²) in [4.78, 5) is 21.8. The van der Waals surface area contributed by atoms with Crippen molar-refractivity contribution in [2.45, 2.75) is 43.4 Å². The maximum Gasteiger partial charge on any atom is 0.229 e. The molecule has 0 saturated carbocycles. The van der Waals surface area contributed by atoms with Crippen molar-refractivity contribution in [1.29, 1.82) is 0 Å². The second kappa shape index (κ2) is 9.46. The summed E-state index contributed by atoms with van der Waals surface area (Å²) in [5.41, 5.74) is 4.07. The standard InChI is InChI=1S/C26H27N3O3S3/c1-16(2)35(31,32)18-10-8-17(9-11-18)14-23(30)28-26-24(19-12-13-29(3)15-22(19)34-26)25-27-20-6-4-5-7-21(20)33-25/h4-11,16H,12-15H2,1-3H3,(H,28,30). The number of anilines is 1. The van der Waals surface area contributed by atoms with Crippen LogP contribution in [0.15, 0.2) is 53.4 Å². The molecule has 182 valence electrons. The molecule has 3 heterocycles. The van der Waals surface area contributed by atoms with E-state index in [0.717, 1.165) is 50.9 Å². The molecular formula is C26H27N3O3S3. The van der Waals surface area contributed by atoms with Crippen LogP contribution < -0.4 is 5.32 Å². The number of thiazole rings is 1. The van der Waals surface area contributed by atoms with Crippen LogP contribution in [0, 0.1) is 0 Å². The summed E-state index contributed by atoms with van der Waals surface area (Å²) < 4.78 is 25.9. The summed E-state index contributed by atoms with van der Waals surface area (Å²) in [6.45, 7) is 5.16. The molecule has 1 amide bonds. The number of nitrogens with one attached hydrogen (secondary N) is 1. The molecule has 1 aliphatic rings. The first-order valence-corrected chi connectivity index (χ1v) is 14.7. The highest BCUT2D eigenvalue weighted by atomic mass is 32.2. The summed E-state index contributed by atoms with van der Waals surface area (Å²) in [6.07, 6.45) is 1.10. The number of nitrogens with zero attached hydrogens (tertiary/aromatic N) is 2. The van der Waals surface area contributed by atoms with Crippen LogP contribution in [0.5, 0.6) is 0 Å². The molecule has 9 heteroatoms. The number of thiophene rings is 1. The number of rotatable bonds is 6. The number of benzene rings is 2. The molecule has 0 radical (unpaired) electrons. The van der Waals surface area contributed by atoms with Gasteiger partial charge in [0.2, 0.25) is 5.91 Å². The zero-order valence-corrected chi connectivity index (χ0v) is 22.3. The third-order valence-corrected chi connectivity index (χ3v) is 10.6. The highest BCUT2D eigenvalue weighted by molar-refractivity contribution is 7.92. The monoisotopic (exact) mass is 525 g/mol. The fourth-order valence-corrected chi connectivity index (χ4v) is 7.76. The third-order valence-electron chi connectivity index (χ3n) is 6.25. The lowest BCUT2D eigenvalue weighted by Crippen LogP contribution is -2.25. The molecule has 2 aromatic carbocycles. The van der Waals surface area contributed by atoms with Crippen molar-refractivity contribution in [3.05, 3.63) is 64.5 Å². The van der Waals surface area contributed by atoms with Crippen molar-refractivity contribution in [1.82, 2.24) is 9.88 Å². The van der Waals surface area contributed by atoms with Gasteiger partial charge >= 0.3 is 0 Å². The van der Waals surface area contributed by atoms with Crippen molar-refractivity contribution < 1.29 is 13.2 Å². The Kier molecular flexibility index (Phi) is 6.52. The second-order valence-corrected chi connectivity index (χ2v) is 13.8. The number of likely N-dealkylation sites (N-methyl/N-ethyl adjacent to an activating group) is 1. The highest BCUT2D eigenvalue weighted by Gasteiger charge is 2.27. The fourth-order valence-electron chi connectivity index (χ4n) is 4.25. The molecule has 1 N–H and O–H groups in total.